The van der Waals surface area contributed by atoms with Gasteiger partial charge < -0.3 is 20.1 Å². The lowest BCUT2D eigenvalue weighted by Crippen LogP contribution is -2.28. The summed E-state index contributed by atoms with van der Waals surface area (Å²) in [4.78, 5) is 23.1. The molecule has 3 aromatic heterocycles. The van der Waals surface area contributed by atoms with Crippen LogP contribution >= 0.6 is 15.9 Å². The topological polar surface area (TPSA) is 108 Å². The summed E-state index contributed by atoms with van der Waals surface area (Å²) in [6, 6.07) is 5.35. The number of aryl methyl sites for hydroxylation is 2. The van der Waals surface area contributed by atoms with Gasteiger partial charge in [0.2, 0.25) is 5.88 Å². The summed E-state index contributed by atoms with van der Waals surface area (Å²) in [5.41, 5.74) is 8.60. The average molecular weight is 489 g/mol. The number of rotatable bonds is 7. The smallest absolute Gasteiger partial charge is 0.276 e. The minimum atomic E-state index is -0.414. The van der Waals surface area contributed by atoms with E-state index in [9.17, 15) is 4.79 Å². The number of hydrogen-bond acceptors (Lipinski definition) is 7. The highest BCUT2D eigenvalue weighted by atomic mass is 79.9. The largest absolute Gasteiger partial charge is 0.483 e. The molecule has 0 aliphatic rings. The number of nitrogens with zero attached hydrogens (tertiary/aromatic N) is 5. The Bertz CT molecular complexity index is 1100. The van der Waals surface area contributed by atoms with Gasteiger partial charge >= 0.3 is 0 Å². The number of hydrogen-bond donors (Lipinski definition) is 1. The molecule has 0 aliphatic carbocycles. The molecule has 0 fully saturated rings. The number of pyridine rings is 2. The molecule has 3 rings (SSSR count). The summed E-state index contributed by atoms with van der Waals surface area (Å²) < 4.78 is 13.7. The van der Waals surface area contributed by atoms with Gasteiger partial charge in [0.25, 0.3) is 5.91 Å². The first-order valence-electron chi connectivity index (χ1n) is 9.57. The van der Waals surface area contributed by atoms with E-state index in [2.05, 4.69) is 31.0 Å². The van der Waals surface area contributed by atoms with Crippen LogP contribution in [0.1, 0.15) is 40.3 Å². The van der Waals surface area contributed by atoms with Crippen molar-refractivity contribution in [3.05, 3.63) is 57.6 Å². The number of halogens is 1. The van der Waals surface area contributed by atoms with Gasteiger partial charge in [-0.2, -0.15) is 5.10 Å². The zero-order chi connectivity index (χ0) is 22.7. The SMILES string of the molecule is COc1c(Br)c(CN(C)C(=O)c2ncccc2OC(C)c2cc(C)cnc2N)nn1C. The van der Waals surface area contributed by atoms with E-state index in [-0.39, 0.29) is 18.1 Å². The summed E-state index contributed by atoms with van der Waals surface area (Å²) in [6.07, 6.45) is 2.84. The highest BCUT2D eigenvalue weighted by Gasteiger charge is 2.23. The van der Waals surface area contributed by atoms with Crippen molar-refractivity contribution < 1.29 is 14.3 Å². The summed E-state index contributed by atoms with van der Waals surface area (Å²) in [6.45, 7) is 4.05. The molecule has 0 aliphatic heterocycles. The van der Waals surface area contributed by atoms with E-state index >= 15 is 0 Å². The summed E-state index contributed by atoms with van der Waals surface area (Å²) in [5, 5.41) is 4.40. The van der Waals surface area contributed by atoms with Gasteiger partial charge in [-0.1, -0.05) is 0 Å². The van der Waals surface area contributed by atoms with Gasteiger partial charge in [-0.15, -0.1) is 0 Å². The molecule has 2 N–H and O–H groups in total. The maximum Gasteiger partial charge on any atom is 0.276 e. The number of methoxy groups -OCH3 is 1. The fourth-order valence-corrected chi connectivity index (χ4v) is 3.79. The molecule has 31 heavy (non-hydrogen) atoms. The Morgan fingerprint density at radius 1 is 1.39 bits per heavy atom. The van der Waals surface area contributed by atoms with Crippen LogP contribution < -0.4 is 15.2 Å². The van der Waals surface area contributed by atoms with E-state index in [1.54, 1.807) is 50.4 Å². The maximum atomic E-state index is 13.1. The predicted octanol–water partition coefficient (Wildman–Crippen LogP) is 3.28. The van der Waals surface area contributed by atoms with Gasteiger partial charge in [-0.05, 0) is 53.5 Å². The molecule has 1 atom stereocenters. The standard InChI is InChI=1S/C21H25BrN6O3/c1-12-9-14(19(23)25-10-12)13(2)31-16-7-6-8-24-18(16)20(29)27(3)11-15-17(22)21(30-5)28(4)26-15/h6-10,13H,11H2,1-5H3,(H2,23,25). The second-order valence-electron chi connectivity index (χ2n) is 7.15. The number of carbonyl (C=O) groups excluding carboxylic acids is 1. The number of amides is 1. The zero-order valence-electron chi connectivity index (χ0n) is 18.1. The minimum absolute atomic E-state index is 0.204. The van der Waals surface area contributed by atoms with Crippen LogP contribution in [0, 0.1) is 6.92 Å². The first kappa shape index (κ1) is 22.5. The first-order chi connectivity index (χ1) is 14.7. The van der Waals surface area contributed by atoms with Gasteiger partial charge in [0.1, 0.15) is 22.1 Å². The molecule has 1 unspecified atom stereocenters. The van der Waals surface area contributed by atoms with E-state index in [1.165, 1.54) is 4.90 Å². The second-order valence-corrected chi connectivity index (χ2v) is 7.95. The lowest BCUT2D eigenvalue weighted by atomic mass is 10.1. The molecule has 0 saturated carbocycles. The number of aromatic nitrogens is 4. The molecule has 0 saturated heterocycles. The molecule has 0 spiro atoms. The van der Waals surface area contributed by atoms with Crippen LogP contribution in [0.15, 0.2) is 35.1 Å². The highest BCUT2D eigenvalue weighted by molar-refractivity contribution is 9.10. The van der Waals surface area contributed by atoms with Crippen molar-refractivity contribution in [1.29, 1.82) is 0 Å². The summed E-state index contributed by atoms with van der Waals surface area (Å²) in [5.74, 6) is 1.04. The Labute approximate surface area is 189 Å². The Morgan fingerprint density at radius 2 is 2.13 bits per heavy atom. The van der Waals surface area contributed by atoms with Gasteiger partial charge in [0.05, 0.1) is 13.7 Å². The first-order valence-corrected chi connectivity index (χ1v) is 10.4. The molecular formula is C21H25BrN6O3. The number of anilines is 1. The molecule has 0 bridgehead atoms. The van der Waals surface area contributed by atoms with E-state index in [0.29, 0.717) is 27.6 Å². The van der Waals surface area contributed by atoms with E-state index in [1.807, 2.05) is 19.9 Å². The van der Waals surface area contributed by atoms with Gasteiger partial charge in [0, 0.05) is 32.1 Å². The molecule has 3 aromatic rings. The second kappa shape index (κ2) is 9.34. The number of ether oxygens (including phenoxy) is 2. The van der Waals surface area contributed by atoms with Gasteiger partial charge in [-0.25, -0.2) is 14.6 Å². The van der Waals surface area contributed by atoms with Crippen molar-refractivity contribution in [2.75, 3.05) is 19.9 Å². The van der Waals surface area contributed by atoms with Crippen LogP contribution in [0.3, 0.4) is 0 Å². The molecule has 3 heterocycles. The average Bonchev–Trinajstić information content (AvgIpc) is 3.01. The van der Waals surface area contributed by atoms with Crippen molar-refractivity contribution >= 4 is 27.7 Å². The third kappa shape index (κ3) is 4.79. The summed E-state index contributed by atoms with van der Waals surface area (Å²) >= 11 is 3.48. The van der Waals surface area contributed by atoms with Crippen LogP contribution in [0.4, 0.5) is 5.82 Å². The van der Waals surface area contributed by atoms with Gasteiger partial charge in [0.15, 0.2) is 11.4 Å². The minimum Gasteiger partial charge on any atom is -0.483 e. The Kier molecular flexibility index (Phi) is 6.79. The zero-order valence-corrected chi connectivity index (χ0v) is 19.7. The normalized spacial score (nSPS) is 11.8. The van der Waals surface area contributed by atoms with Gasteiger partial charge in [-0.3, -0.25) is 4.79 Å². The lowest BCUT2D eigenvalue weighted by Gasteiger charge is -2.20. The molecule has 10 heteroatoms. The molecule has 0 radical (unpaired) electrons. The van der Waals surface area contributed by atoms with Crippen molar-refractivity contribution in [2.45, 2.75) is 26.5 Å². The van der Waals surface area contributed by atoms with Crippen LogP contribution in [0.25, 0.3) is 0 Å². The number of nitrogens with two attached hydrogens (primary N) is 1. The van der Waals surface area contributed by atoms with E-state index in [4.69, 9.17) is 15.2 Å². The van der Waals surface area contributed by atoms with E-state index < -0.39 is 6.10 Å². The van der Waals surface area contributed by atoms with Crippen molar-refractivity contribution in [3.63, 3.8) is 0 Å². The van der Waals surface area contributed by atoms with Crippen LogP contribution in [-0.4, -0.2) is 44.7 Å². The Balaban J connectivity index is 1.82. The van der Waals surface area contributed by atoms with Crippen LogP contribution in [0.2, 0.25) is 0 Å². The summed E-state index contributed by atoms with van der Waals surface area (Å²) in [7, 11) is 5.02. The fourth-order valence-electron chi connectivity index (χ4n) is 3.16. The predicted molar refractivity (Wildman–Crippen MR) is 120 cm³/mol. The fraction of sp³-hybridized carbons (Fsp3) is 0.333. The molecule has 9 nitrogen and oxygen atoms in total. The quantitative estimate of drug-likeness (QED) is 0.543. The van der Waals surface area contributed by atoms with Crippen molar-refractivity contribution in [1.82, 2.24) is 24.6 Å². The van der Waals surface area contributed by atoms with Crippen LogP contribution in [-0.2, 0) is 13.6 Å². The number of carbonyl (C=O) groups is 1. The molecule has 0 aromatic carbocycles. The molecule has 1 amide bonds. The van der Waals surface area contributed by atoms with Crippen molar-refractivity contribution in [3.8, 4) is 11.6 Å². The lowest BCUT2D eigenvalue weighted by molar-refractivity contribution is 0.0769. The van der Waals surface area contributed by atoms with E-state index in [0.717, 1.165) is 11.1 Å². The maximum absolute atomic E-state index is 13.1. The monoisotopic (exact) mass is 488 g/mol. The van der Waals surface area contributed by atoms with Crippen molar-refractivity contribution in [2.24, 2.45) is 7.05 Å². The molecule has 164 valence electrons. The Hall–Kier alpha value is -3.14. The Morgan fingerprint density at radius 3 is 2.81 bits per heavy atom. The molecular weight excluding hydrogens is 464 g/mol. The van der Waals surface area contributed by atoms with Crippen LogP contribution in [0.5, 0.6) is 11.6 Å². The highest BCUT2D eigenvalue weighted by Crippen LogP contribution is 2.30. The third-order valence-corrected chi connectivity index (χ3v) is 5.53. The third-order valence-electron chi connectivity index (χ3n) is 4.73. The number of nitrogen functional groups attached to an aromatic ring is 1.